The predicted octanol–water partition coefficient (Wildman–Crippen LogP) is 1.25. The van der Waals surface area contributed by atoms with Gasteiger partial charge < -0.3 is 16.0 Å². The van der Waals surface area contributed by atoms with Crippen LogP contribution in [0, 0.1) is 16.0 Å². The molecule has 0 aromatic heterocycles. The lowest BCUT2D eigenvalue weighted by molar-refractivity contribution is -0.383. The Balaban J connectivity index is 1.92. The van der Waals surface area contributed by atoms with Crippen molar-refractivity contribution in [2.75, 3.05) is 31.9 Å². The van der Waals surface area contributed by atoms with Gasteiger partial charge in [-0.1, -0.05) is 6.92 Å². The first-order valence-electron chi connectivity index (χ1n) is 7.05. The zero-order chi connectivity index (χ0) is 15.4. The minimum absolute atomic E-state index is 0.00525. The summed E-state index contributed by atoms with van der Waals surface area (Å²) >= 11 is 0. The molecule has 1 saturated heterocycles. The van der Waals surface area contributed by atoms with Gasteiger partial charge in [0.15, 0.2) is 0 Å². The van der Waals surface area contributed by atoms with Crippen LogP contribution < -0.4 is 11.1 Å². The van der Waals surface area contributed by atoms with Gasteiger partial charge in [-0.05, 0) is 37.6 Å². The lowest BCUT2D eigenvalue weighted by Gasteiger charge is -2.13. The molecule has 1 aliphatic rings. The number of carbonyl (C=O) groups is 1. The average molecular weight is 292 g/mol. The molecular weight excluding hydrogens is 272 g/mol. The Morgan fingerprint density at radius 1 is 1.57 bits per heavy atom. The number of anilines is 1. The lowest BCUT2D eigenvalue weighted by Crippen LogP contribution is -2.31. The summed E-state index contributed by atoms with van der Waals surface area (Å²) in [5, 5.41) is 13.6. The van der Waals surface area contributed by atoms with Crippen LogP contribution in [0.2, 0.25) is 0 Å². The van der Waals surface area contributed by atoms with Crippen molar-refractivity contribution in [1.29, 1.82) is 0 Å². The third-order valence-corrected chi connectivity index (χ3v) is 3.85. The molecule has 2 rings (SSSR count). The molecule has 1 unspecified atom stereocenters. The van der Waals surface area contributed by atoms with Gasteiger partial charge in [0, 0.05) is 24.7 Å². The van der Waals surface area contributed by atoms with Crippen molar-refractivity contribution in [3.05, 3.63) is 33.9 Å². The average Bonchev–Trinajstić information content (AvgIpc) is 2.92. The van der Waals surface area contributed by atoms with Gasteiger partial charge in [0.1, 0.15) is 5.69 Å². The van der Waals surface area contributed by atoms with Gasteiger partial charge in [0.2, 0.25) is 0 Å². The van der Waals surface area contributed by atoms with Crippen molar-refractivity contribution in [1.82, 2.24) is 10.2 Å². The molecule has 114 valence electrons. The van der Waals surface area contributed by atoms with Crippen LogP contribution in [0.3, 0.4) is 0 Å². The maximum absolute atomic E-state index is 12.0. The number of carbonyl (C=O) groups excluding carboxylic acids is 1. The zero-order valence-corrected chi connectivity index (χ0v) is 12.0. The number of nitro benzene ring substituents is 1. The van der Waals surface area contributed by atoms with Crippen LogP contribution in [0.1, 0.15) is 23.7 Å². The van der Waals surface area contributed by atoms with Gasteiger partial charge in [0.05, 0.1) is 4.92 Å². The van der Waals surface area contributed by atoms with Gasteiger partial charge in [-0.15, -0.1) is 0 Å². The van der Waals surface area contributed by atoms with E-state index in [0.29, 0.717) is 18.0 Å². The van der Waals surface area contributed by atoms with E-state index in [1.54, 1.807) is 0 Å². The van der Waals surface area contributed by atoms with E-state index >= 15 is 0 Å². The Morgan fingerprint density at radius 2 is 2.33 bits per heavy atom. The number of hydrogen-bond donors (Lipinski definition) is 2. The van der Waals surface area contributed by atoms with Crippen LogP contribution in [0.4, 0.5) is 11.4 Å². The largest absolute Gasteiger partial charge is 0.393 e. The van der Waals surface area contributed by atoms with Gasteiger partial charge in [-0.25, -0.2) is 0 Å². The first-order valence-corrected chi connectivity index (χ1v) is 7.05. The molecule has 0 radical (unpaired) electrons. The molecule has 7 nitrogen and oxygen atoms in total. The molecular formula is C14H20N4O3. The van der Waals surface area contributed by atoms with E-state index in [1.165, 1.54) is 18.2 Å². The van der Waals surface area contributed by atoms with E-state index in [0.717, 1.165) is 26.1 Å². The molecule has 21 heavy (non-hydrogen) atoms. The molecule has 7 heteroatoms. The van der Waals surface area contributed by atoms with Crippen LogP contribution in [0.5, 0.6) is 0 Å². The number of likely N-dealkylation sites (tertiary alicyclic amines) is 1. The smallest absolute Gasteiger partial charge is 0.292 e. The predicted molar refractivity (Wildman–Crippen MR) is 80.1 cm³/mol. The normalized spacial score (nSPS) is 18.6. The zero-order valence-electron chi connectivity index (χ0n) is 12.0. The van der Waals surface area contributed by atoms with Crippen LogP contribution in [0.25, 0.3) is 0 Å². The summed E-state index contributed by atoms with van der Waals surface area (Å²) in [6.45, 7) is 5.84. The standard InChI is InChI=1S/C14H20N4O3/c1-2-17-6-5-10(9-17)8-16-14(19)11-3-4-13(18(20)21)12(15)7-11/h3-4,7,10H,2,5-6,8-9,15H2,1H3,(H,16,19). The molecule has 0 spiro atoms. The van der Waals surface area contributed by atoms with Crippen molar-refractivity contribution < 1.29 is 9.72 Å². The summed E-state index contributed by atoms with van der Waals surface area (Å²) in [6.07, 6.45) is 1.08. The number of nitrogen functional groups attached to an aromatic ring is 1. The number of nitro groups is 1. The highest BCUT2D eigenvalue weighted by Gasteiger charge is 2.22. The summed E-state index contributed by atoms with van der Waals surface area (Å²) in [5.74, 6) is 0.218. The fraction of sp³-hybridized carbons (Fsp3) is 0.500. The fourth-order valence-corrected chi connectivity index (χ4v) is 2.57. The Labute approximate surface area is 123 Å². The molecule has 1 aliphatic heterocycles. The molecule has 3 N–H and O–H groups in total. The molecule has 1 fully saturated rings. The van der Waals surface area contributed by atoms with Crippen molar-refractivity contribution in [3.63, 3.8) is 0 Å². The molecule has 0 bridgehead atoms. The highest BCUT2D eigenvalue weighted by molar-refractivity contribution is 5.95. The third-order valence-electron chi connectivity index (χ3n) is 3.85. The maximum atomic E-state index is 12.0. The topological polar surface area (TPSA) is 102 Å². The summed E-state index contributed by atoms with van der Waals surface area (Å²) in [5.41, 5.74) is 5.76. The van der Waals surface area contributed by atoms with E-state index in [9.17, 15) is 14.9 Å². The Morgan fingerprint density at radius 3 is 2.90 bits per heavy atom. The minimum atomic E-state index is -0.561. The number of nitrogens with two attached hydrogens (primary N) is 1. The Kier molecular flexibility index (Phi) is 4.74. The van der Waals surface area contributed by atoms with E-state index in [1.807, 2.05) is 0 Å². The molecule has 0 saturated carbocycles. The number of amides is 1. The molecule has 1 heterocycles. The van der Waals surface area contributed by atoms with Gasteiger partial charge in [-0.2, -0.15) is 0 Å². The second-order valence-electron chi connectivity index (χ2n) is 5.29. The number of rotatable bonds is 5. The van der Waals surface area contributed by atoms with Crippen LogP contribution in [-0.2, 0) is 0 Å². The van der Waals surface area contributed by atoms with Crippen LogP contribution >= 0.6 is 0 Å². The van der Waals surface area contributed by atoms with Crippen LogP contribution in [-0.4, -0.2) is 41.9 Å². The SMILES string of the molecule is CCN1CCC(CNC(=O)c2ccc([N+](=O)[O-])c(N)c2)C1. The molecule has 1 aromatic carbocycles. The maximum Gasteiger partial charge on any atom is 0.292 e. The Bertz CT molecular complexity index is 547. The molecule has 1 amide bonds. The van der Waals surface area contributed by atoms with E-state index in [-0.39, 0.29) is 17.3 Å². The first kappa shape index (κ1) is 15.2. The van der Waals surface area contributed by atoms with Crippen LogP contribution in [0.15, 0.2) is 18.2 Å². The van der Waals surface area contributed by atoms with Crippen molar-refractivity contribution in [2.45, 2.75) is 13.3 Å². The fourth-order valence-electron chi connectivity index (χ4n) is 2.57. The summed E-state index contributed by atoms with van der Waals surface area (Å²) in [4.78, 5) is 24.5. The summed E-state index contributed by atoms with van der Waals surface area (Å²) in [6, 6.07) is 4.04. The van der Waals surface area contributed by atoms with Crippen molar-refractivity contribution in [2.24, 2.45) is 5.92 Å². The van der Waals surface area contributed by atoms with E-state index in [2.05, 4.69) is 17.1 Å². The second-order valence-corrected chi connectivity index (χ2v) is 5.29. The quantitative estimate of drug-likeness (QED) is 0.483. The van der Waals surface area contributed by atoms with Crippen molar-refractivity contribution >= 4 is 17.3 Å². The minimum Gasteiger partial charge on any atom is -0.393 e. The number of hydrogen-bond acceptors (Lipinski definition) is 5. The second kappa shape index (κ2) is 6.53. The number of nitrogens with one attached hydrogen (secondary N) is 1. The summed E-state index contributed by atoms with van der Waals surface area (Å²) in [7, 11) is 0. The highest BCUT2D eigenvalue weighted by Crippen LogP contribution is 2.22. The highest BCUT2D eigenvalue weighted by atomic mass is 16.6. The number of nitrogens with zero attached hydrogens (tertiary/aromatic N) is 2. The van der Waals surface area contributed by atoms with E-state index < -0.39 is 4.92 Å². The molecule has 1 atom stereocenters. The number of benzene rings is 1. The summed E-state index contributed by atoms with van der Waals surface area (Å²) < 4.78 is 0. The molecule has 0 aliphatic carbocycles. The first-order chi connectivity index (χ1) is 10.0. The monoisotopic (exact) mass is 292 g/mol. The van der Waals surface area contributed by atoms with Gasteiger partial charge in [-0.3, -0.25) is 14.9 Å². The van der Waals surface area contributed by atoms with Crippen molar-refractivity contribution in [3.8, 4) is 0 Å². The third kappa shape index (κ3) is 3.69. The van der Waals surface area contributed by atoms with E-state index in [4.69, 9.17) is 5.73 Å². The Hall–Kier alpha value is -2.15. The van der Waals surface area contributed by atoms with Gasteiger partial charge >= 0.3 is 0 Å². The molecule has 1 aromatic rings. The van der Waals surface area contributed by atoms with Gasteiger partial charge in [0.25, 0.3) is 11.6 Å². The lowest BCUT2D eigenvalue weighted by atomic mass is 10.1.